The zero-order valence-electron chi connectivity index (χ0n) is 10.6. The molecule has 19 heavy (non-hydrogen) atoms. The van der Waals surface area contributed by atoms with Gasteiger partial charge in [-0.15, -0.1) is 11.3 Å². The van der Waals surface area contributed by atoms with Gasteiger partial charge in [-0.1, -0.05) is 17.7 Å². The number of aliphatic imine (C=N–C) groups is 1. The quantitative estimate of drug-likeness (QED) is 0.942. The normalized spacial score (nSPS) is 14.3. The summed E-state index contributed by atoms with van der Waals surface area (Å²) in [4.78, 5) is 8.82. The Morgan fingerprint density at radius 3 is 3.00 bits per heavy atom. The van der Waals surface area contributed by atoms with E-state index in [4.69, 9.17) is 11.6 Å². The second-order valence-electron chi connectivity index (χ2n) is 4.48. The average molecular weight is 292 g/mol. The summed E-state index contributed by atoms with van der Waals surface area (Å²) in [5, 5.41) is 7.02. The fourth-order valence-corrected chi connectivity index (χ4v) is 3.37. The minimum atomic E-state index is 0.762. The summed E-state index contributed by atoms with van der Waals surface area (Å²) in [6.07, 6.45) is 2.65. The first-order chi connectivity index (χ1) is 9.25. The molecule has 0 bridgehead atoms. The van der Waals surface area contributed by atoms with Gasteiger partial charge in [-0.25, -0.2) is 4.98 Å². The molecule has 0 unspecified atom stereocenters. The van der Waals surface area contributed by atoms with Crippen LogP contribution in [0.4, 0.5) is 0 Å². The molecule has 0 atom stereocenters. The lowest BCUT2D eigenvalue weighted by molar-refractivity contribution is 0.953. The second-order valence-corrected chi connectivity index (χ2v) is 5.78. The molecule has 1 N–H and O–H groups in total. The Hall–Kier alpha value is -1.39. The summed E-state index contributed by atoms with van der Waals surface area (Å²) in [6.45, 7) is 3.93. The first-order valence-electron chi connectivity index (χ1n) is 6.21. The number of amidine groups is 1. The van der Waals surface area contributed by atoms with Crippen LogP contribution in [0.25, 0.3) is 10.6 Å². The molecule has 5 heteroatoms. The predicted molar refractivity (Wildman–Crippen MR) is 81.3 cm³/mol. The van der Waals surface area contributed by atoms with Crippen LogP contribution >= 0.6 is 22.9 Å². The molecule has 0 saturated heterocycles. The molecule has 0 saturated carbocycles. The monoisotopic (exact) mass is 291 g/mol. The molecule has 98 valence electrons. The molecule has 0 fully saturated rings. The van der Waals surface area contributed by atoms with Gasteiger partial charge >= 0.3 is 0 Å². The Kier molecular flexibility index (Phi) is 3.53. The van der Waals surface area contributed by atoms with Gasteiger partial charge in [0.05, 0.1) is 11.6 Å². The SMILES string of the molecule is Cc1c(CC2=NCCN2)ccc(Cl)c1-c1nccs1. The maximum atomic E-state index is 6.33. The maximum absolute atomic E-state index is 6.33. The number of rotatable bonds is 3. The first-order valence-corrected chi connectivity index (χ1v) is 7.46. The molecule has 0 amide bonds. The van der Waals surface area contributed by atoms with Crippen LogP contribution in [-0.4, -0.2) is 23.9 Å². The van der Waals surface area contributed by atoms with Crippen molar-refractivity contribution in [3.63, 3.8) is 0 Å². The number of nitrogens with one attached hydrogen (secondary N) is 1. The van der Waals surface area contributed by atoms with Crippen LogP contribution in [0.3, 0.4) is 0 Å². The lowest BCUT2D eigenvalue weighted by Crippen LogP contribution is -2.21. The Morgan fingerprint density at radius 2 is 2.32 bits per heavy atom. The van der Waals surface area contributed by atoms with Crippen molar-refractivity contribution in [2.24, 2.45) is 4.99 Å². The topological polar surface area (TPSA) is 37.3 Å². The van der Waals surface area contributed by atoms with Crippen LogP contribution in [0.5, 0.6) is 0 Å². The molecule has 1 aromatic carbocycles. The van der Waals surface area contributed by atoms with Crippen LogP contribution < -0.4 is 5.32 Å². The van der Waals surface area contributed by atoms with Crippen LogP contribution in [0.15, 0.2) is 28.7 Å². The van der Waals surface area contributed by atoms with E-state index >= 15 is 0 Å². The van der Waals surface area contributed by atoms with Gasteiger partial charge in [0.1, 0.15) is 10.8 Å². The van der Waals surface area contributed by atoms with E-state index in [9.17, 15) is 0 Å². The van der Waals surface area contributed by atoms with Crippen molar-refractivity contribution in [1.82, 2.24) is 10.3 Å². The van der Waals surface area contributed by atoms with Gasteiger partial charge in [0, 0.05) is 30.1 Å². The van der Waals surface area contributed by atoms with Crippen molar-refractivity contribution >= 4 is 28.8 Å². The van der Waals surface area contributed by atoms with E-state index in [1.54, 1.807) is 11.3 Å². The van der Waals surface area contributed by atoms with E-state index in [0.29, 0.717) is 0 Å². The lowest BCUT2D eigenvalue weighted by atomic mass is 10.00. The van der Waals surface area contributed by atoms with Crippen molar-refractivity contribution in [1.29, 1.82) is 0 Å². The number of hydrogen-bond acceptors (Lipinski definition) is 4. The Labute approximate surface area is 121 Å². The third-order valence-electron chi connectivity index (χ3n) is 3.27. The van der Waals surface area contributed by atoms with Crippen molar-refractivity contribution in [2.45, 2.75) is 13.3 Å². The van der Waals surface area contributed by atoms with E-state index in [2.05, 4.69) is 28.3 Å². The summed E-state index contributed by atoms with van der Waals surface area (Å²) in [5.41, 5.74) is 3.49. The largest absolute Gasteiger partial charge is 0.372 e. The summed E-state index contributed by atoms with van der Waals surface area (Å²) in [6, 6.07) is 4.04. The standard InChI is InChI=1S/C14H14ClN3S/c1-9-10(8-12-16-4-5-17-12)2-3-11(15)13(9)14-18-6-7-19-14/h2-3,6-7H,4-5,8H2,1H3,(H,16,17). The predicted octanol–water partition coefficient (Wildman–Crippen LogP) is 3.32. The number of hydrogen-bond donors (Lipinski definition) is 1. The molecular weight excluding hydrogens is 278 g/mol. The van der Waals surface area contributed by atoms with Crippen LogP contribution in [0.2, 0.25) is 5.02 Å². The number of benzene rings is 1. The van der Waals surface area contributed by atoms with Gasteiger partial charge in [0.15, 0.2) is 0 Å². The molecule has 0 radical (unpaired) electrons. The summed E-state index contributed by atoms with van der Waals surface area (Å²) in [5.74, 6) is 1.07. The van der Waals surface area contributed by atoms with Crippen molar-refractivity contribution in [3.05, 3.63) is 39.9 Å². The molecule has 0 aliphatic carbocycles. The van der Waals surface area contributed by atoms with Crippen molar-refractivity contribution in [3.8, 4) is 10.6 Å². The Bertz CT molecular complexity index is 620. The fraction of sp³-hybridized carbons (Fsp3) is 0.286. The van der Waals surface area contributed by atoms with Crippen LogP contribution in [0.1, 0.15) is 11.1 Å². The van der Waals surface area contributed by atoms with Gasteiger partial charge in [-0.3, -0.25) is 4.99 Å². The molecule has 3 nitrogen and oxygen atoms in total. The van der Waals surface area contributed by atoms with E-state index in [1.807, 2.05) is 17.6 Å². The first kappa shape index (κ1) is 12.6. The molecule has 2 aromatic rings. The van der Waals surface area contributed by atoms with Crippen LogP contribution in [0, 0.1) is 6.92 Å². The zero-order valence-corrected chi connectivity index (χ0v) is 12.2. The minimum Gasteiger partial charge on any atom is -0.372 e. The highest BCUT2D eigenvalue weighted by atomic mass is 35.5. The highest BCUT2D eigenvalue weighted by molar-refractivity contribution is 7.13. The van der Waals surface area contributed by atoms with Crippen molar-refractivity contribution < 1.29 is 0 Å². The van der Waals surface area contributed by atoms with Gasteiger partial charge in [0.25, 0.3) is 0 Å². The van der Waals surface area contributed by atoms with E-state index in [-0.39, 0.29) is 0 Å². The third kappa shape index (κ3) is 2.51. The molecule has 1 aromatic heterocycles. The third-order valence-corrected chi connectivity index (χ3v) is 4.38. The minimum absolute atomic E-state index is 0.762. The molecule has 3 rings (SSSR count). The van der Waals surface area contributed by atoms with Gasteiger partial charge in [0.2, 0.25) is 0 Å². The van der Waals surface area contributed by atoms with Crippen molar-refractivity contribution in [2.75, 3.05) is 13.1 Å². The van der Waals surface area contributed by atoms with Crippen LogP contribution in [-0.2, 0) is 6.42 Å². The van der Waals surface area contributed by atoms with Gasteiger partial charge in [-0.2, -0.15) is 0 Å². The molecule has 1 aliphatic rings. The Balaban J connectivity index is 2.00. The highest BCUT2D eigenvalue weighted by Crippen LogP contribution is 2.34. The Morgan fingerprint density at radius 1 is 1.42 bits per heavy atom. The summed E-state index contributed by atoms with van der Waals surface area (Å²) < 4.78 is 0. The highest BCUT2D eigenvalue weighted by Gasteiger charge is 2.15. The zero-order chi connectivity index (χ0) is 13.2. The fourth-order valence-electron chi connectivity index (χ4n) is 2.27. The number of aromatic nitrogens is 1. The molecule has 1 aliphatic heterocycles. The summed E-state index contributed by atoms with van der Waals surface area (Å²) in [7, 11) is 0. The summed E-state index contributed by atoms with van der Waals surface area (Å²) >= 11 is 7.94. The number of thiazole rings is 1. The van der Waals surface area contributed by atoms with E-state index in [0.717, 1.165) is 40.9 Å². The second kappa shape index (κ2) is 5.31. The maximum Gasteiger partial charge on any atom is 0.125 e. The smallest absolute Gasteiger partial charge is 0.125 e. The number of halogens is 1. The molecular formula is C14H14ClN3S. The van der Waals surface area contributed by atoms with E-state index in [1.165, 1.54) is 11.1 Å². The average Bonchev–Trinajstić information content (AvgIpc) is 3.06. The van der Waals surface area contributed by atoms with Gasteiger partial charge < -0.3 is 5.32 Å². The molecule has 2 heterocycles. The van der Waals surface area contributed by atoms with E-state index < -0.39 is 0 Å². The van der Waals surface area contributed by atoms with Gasteiger partial charge in [-0.05, 0) is 24.1 Å². The molecule has 0 spiro atoms. The number of nitrogens with zero attached hydrogens (tertiary/aromatic N) is 2. The lowest BCUT2D eigenvalue weighted by Gasteiger charge is -2.12.